The number of fused-ring (bicyclic) bond motifs is 1. The number of thioether (sulfide) groups is 1. The number of urea groups is 1. The number of rotatable bonds is 3. The van der Waals surface area contributed by atoms with E-state index >= 15 is 0 Å². The first-order valence-electron chi connectivity index (χ1n) is 10.1. The van der Waals surface area contributed by atoms with E-state index in [1.807, 2.05) is 18.2 Å². The predicted molar refractivity (Wildman–Crippen MR) is 117 cm³/mol. The maximum absolute atomic E-state index is 13.1. The minimum atomic E-state index is -4.62. The van der Waals surface area contributed by atoms with E-state index in [0.29, 0.717) is 30.5 Å². The molecule has 2 aromatic carbocycles. The zero-order valence-corrected chi connectivity index (χ0v) is 18.6. The molecule has 2 atom stereocenters. The van der Waals surface area contributed by atoms with Crippen LogP contribution in [0.3, 0.4) is 0 Å². The van der Waals surface area contributed by atoms with Gasteiger partial charge in [0.1, 0.15) is 0 Å². The van der Waals surface area contributed by atoms with Crippen LogP contribution < -0.4 is 5.32 Å². The SMILES string of the molecule is O=C(Nc1ccccc1)N1CCSC2CN(S(=O)(=O)c3cccc(C(F)(F)F)c3)CCC21. The molecular formula is C21H22F3N3O3S2. The highest BCUT2D eigenvalue weighted by Crippen LogP contribution is 2.35. The molecule has 2 amide bonds. The van der Waals surface area contributed by atoms with E-state index < -0.39 is 21.8 Å². The Morgan fingerprint density at radius 1 is 1.06 bits per heavy atom. The van der Waals surface area contributed by atoms with Crippen LogP contribution in [0.25, 0.3) is 0 Å². The molecule has 0 spiro atoms. The lowest BCUT2D eigenvalue weighted by Gasteiger charge is -2.46. The standard InChI is InChI=1S/C21H22F3N3O3S2/c22-21(23,24)15-5-4-8-17(13-15)32(29,30)26-10-9-18-19(14-26)31-12-11-27(18)20(28)25-16-6-2-1-3-7-16/h1-8,13,18-19H,9-12,14H2,(H,25,28). The highest BCUT2D eigenvalue weighted by atomic mass is 32.2. The number of nitrogens with one attached hydrogen (secondary N) is 1. The normalized spacial score (nSPS) is 22.3. The van der Waals surface area contributed by atoms with Gasteiger partial charge in [-0.15, -0.1) is 0 Å². The summed E-state index contributed by atoms with van der Waals surface area (Å²) in [6.07, 6.45) is -4.21. The zero-order chi connectivity index (χ0) is 22.9. The number of alkyl halides is 3. The fraction of sp³-hybridized carbons (Fsp3) is 0.381. The summed E-state index contributed by atoms with van der Waals surface area (Å²) in [4.78, 5) is 14.2. The number of benzene rings is 2. The molecule has 11 heteroatoms. The second-order valence-electron chi connectivity index (χ2n) is 7.64. The van der Waals surface area contributed by atoms with E-state index in [2.05, 4.69) is 5.32 Å². The Kier molecular flexibility index (Phi) is 6.42. The number of para-hydroxylation sites is 1. The average molecular weight is 486 g/mol. The molecule has 2 fully saturated rings. The summed E-state index contributed by atoms with van der Waals surface area (Å²) >= 11 is 1.59. The second-order valence-corrected chi connectivity index (χ2v) is 10.9. The molecule has 2 unspecified atom stereocenters. The van der Waals surface area contributed by atoms with Crippen molar-refractivity contribution in [1.29, 1.82) is 0 Å². The summed E-state index contributed by atoms with van der Waals surface area (Å²) in [7, 11) is -4.08. The third kappa shape index (κ3) is 4.74. The molecule has 32 heavy (non-hydrogen) atoms. The molecule has 2 aliphatic rings. The first kappa shape index (κ1) is 22.9. The molecule has 2 saturated heterocycles. The second kappa shape index (κ2) is 8.95. The first-order valence-corrected chi connectivity index (χ1v) is 12.6. The number of hydrogen-bond acceptors (Lipinski definition) is 4. The highest BCUT2D eigenvalue weighted by Gasteiger charge is 2.42. The van der Waals surface area contributed by atoms with Gasteiger partial charge < -0.3 is 10.2 Å². The van der Waals surface area contributed by atoms with Crippen molar-refractivity contribution in [2.24, 2.45) is 0 Å². The maximum Gasteiger partial charge on any atom is 0.416 e. The molecule has 0 aromatic heterocycles. The van der Waals surface area contributed by atoms with Crippen molar-refractivity contribution in [3.05, 3.63) is 60.2 Å². The first-order chi connectivity index (χ1) is 15.2. The Labute approximate surface area is 188 Å². The van der Waals surface area contributed by atoms with Gasteiger partial charge >= 0.3 is 12.2 Å². The van der Waals surface area contributed by atoms with Gasteiger partial charge in [-0.25, -0.2) is 13.2 Å². The summed E-state index contributed by atoms with van der Waals surface area (Å²) < 4.78 is 66.5. The zero-order valence-electron chi connectivity index (χ0n) is 17.0. The van der Waals surface area contributed by atoms with E-state index in [1.54, 1.807) is 28.8 Å². The lowest BCUT2D eigenvalue weighted by molar-refractivity contribution is -0.137. The Bertz CT molecular complexity index is 1080. The summed E-state index contributed by atoms with van der Waals surface area (Å²) in [5, 5.41) is 2.72. The summed E-state index contributed by atoms with van der Waals surface area (Å²) in [6, 6.07) is 12.5. The lowest BCUT2D eigenvalue weighted by atomic mass is 10.0. The van der Waals surface area contributed by atoms with Crippen molar-refractivity contribution >= 4 is 33.5 Å². The van der Waals surface area contributed by atoms with Crippen molar-refractivity contribution < 1.29 is 26.4 Å². The van der Waals surface area contributed by atoms with Crippen LogP contribution in [0.5, 0.6) is 0 Å². The number of piperidine rings is 1. The molecule has 4 rings (SSSR count). The van der Waals surface area contributed by atoms with Crippen LogP contribution in [-0.2, 0) is 16.2 Å². The maximum atomic E-state index is 13.1. The van der Waals surface area contributed by atoms with Crippen LogP contribution in [0.2, 0.25) is 0 Å². The number of hydrogen-bond donors (Lipinski definition) is 1. The van der Waals surface area contributed by atoms with Crippen molar-refractivity contribution in [3.8, 4) is 0 Å². The van der Waals surface area contributed by atoms with Gasteiger partial charge in [0.2, 0.25) is 10.0 Å². The smallest absolute Gasteiger partial charge is 0.320 e. The van der Waals surface area contributed by atoms with Crippen LogP contribution in [-0.4, -0.2) is 60.3 Å². The van der Waals surface area contributed by atoms with Crippen LogP contribution in [0.15, 0.2) is 59.5 Å². The van der Waals surface area contributed by atoms with Crippen molar-refractivity contribution in [2.45, 2.75) is 28.8 Å². The molecule has 2 aromatic rings. The van der Waals surface area contributed by atoms with Crippen LogP contribution in [0.4, 0.5) is 23.7 Å². The third-order valence-corrected chi connectivity index (χ3v) is 8.81. The average Bonchev–Trinajstić information content (AvgIpc) is 2.78. The monoisotopic (exact) mass is 485 g/mol. The Balaban J connectivity index is 1.48. The number of nitrogens with zero attached hydrogens (tertiary/aromatic N) is 2. The molecule has 0 bridgehead atoms. The van der Waals surface area contributed by atoms with E-state index in [4.69, 9.17) is 0 Å². The summed E-state index contributed by atoms with van der Waals surface area (Å²) in [6.45, 7) is 0.823. The quantitative estimate of drug-likeness (QED) is 0.710. The van der Waals surface area contributed by atoms with E-state index in [-0.39, 0.29) is 35.3 Å². The van der Waals surface area contributed by atoms with Gasteiger partial charge in [-0.1, -0.05) is 24.3 Å². The number of anilines is 1. The van der Waals surface area contributed by atoms with Gasteiger partial charge in [-0.3, -0.25) is 0 Å². The van der Waals surface area contributed by atoms with Crippen LogP contribution in [0.1, 0.15) is 12.0 Å². The van der Waals surface area contributed by atoms with Crippen molar-refractivity contribution in [3.63, 3.8) is 0 Å². The number of carbonyl (C=O) groups excluding carboxylic acids is 1. The lowest BCUT2D eigenvalue weighted by Crippen LogP contribution is -2.59. The number of carbonyl (C=O) groups is 1. The highest BCUT2D eigenvalue weighted by molar-refractivity contribution is 8.00. The summed E-state index contributed by atoms with van der Waals surface area (Å²) in [5.74, 6) is 0.654. The van der Waals surface area contributed by atoms with E-state index in [1.165, 1.54) is 10.4 Å². The van der Waals surface area contributed by atoms with Gasteiger partial charge in [-0.2, -0.15) is 29.2 Å². The van der Waals surface area contributed by atoms with Gasteiger partial charge in [0.15, 0.2) is 0 Å². The Hall–Kier alpha value is -2.24. The van der Waals surface area contributed by atoms with Crippen LogP contribution >= 0.6 is 11.8 Å². The number of halogens is 3. The minimum absolute atomic E-state index is 0.134. The minimum Gasteiger partial charge on any atom is -0.320 e. The molecule has 2 aliphatic heterocycles. The molecule has 0 aliphatic carbocycles. The van der Waals surface area contributed by atoms with Gasteiger partial charge in [-0.05, 0) is 36.8 Å². The van der Waals surface area contributed by atoms with Crippen molar-refractivity contribution in [2.75, 3.05) is 30.7 Å². The molecular weight excluding hydrogens is 463 g/mol. The predicted octanol–water partition coefficient (Wildman–Crippen LogP) is 4.12. The molecule has 0 radical (unpaired) electrons. The molecule has 0 saturated carbocycles. The third-order valence-electron chi connectivity index (χ3n) is 5.64. The van der Waals surface area contributed by atoms with E-state index in [9.17, 15) is 26.4 Å². The largest absolute Gasteiger partial charge is 0.416 e. The van der Waals surface area contributed by atoms with Crippen LogP contribution in [0, 0.1) is 0 Å². The van der Waals surface area contributed by atoms with Crippen molar-refractivity contribution in [1.82, 2.24) is 9.21 Å². The van der Waals surface area contributed by atoms with E-state index in [0.717, 1.165) is 12.1 Å². The molecule has 6 nitrogen and oxygen atoms in total. The number of amides is 2. The molecule has 2 heterocycles. The van der Waals surface area contributed by atoms with Gasteiger partial charge in [0, 0.05) is 42.4 Å². The topological polar surface area (TPSA) is 69.7 Å². The Morgan fingerprint density at radius 3 is 2.53 bits per heavy atom. The summed E-state index contributed by atoms with van der Waals surface area (Å²) in [5.41, 5.74) is -0.318. The van der Waals surface area contributed by atoms with Gasteiger partial charge in [0.25, 0.3) is 0 Å². The molecule has 1 N–H and O–H groups in total. The molecule has 172 valence electrons. The fourth-order valence-electron chi connectivity index (χ4n) is 4.03. The fourth-order valence-corrected chi connectivity index (χ4v) is 7.05. The van der Waals surface area contributed by atoms with Gasteiger partial charge in [0.05, 0.1) is 10.5 Å². The Morgan fingerprint density at radius 2 is 1.81 bits per heavy atom. The number of sulfonamides is 1.